The molecule has 4 nitrogen and oxygen atoms in total. The molecule has 2 rings (SSSR count). The molecule has 1 fully saturated rings. The molecule has 21 heavy (non-hydrogen) atoms. The van der Waals surface area contributed by atoms with Gasteiger partial charge in [0, 0.05) is 50.0 Å². The third-order valence-corrected chi connectivity index (χ3v) is 4.19. The summed E-state index contributed by atoms with van der Waals surface area (Å²) in [6, 6.07) is 6.13. The summed E-state index contributed by atoms with van der Waals surface area (Å²) in [7, 11) is 2.21. The Kier molecular flexibility index (Phi) is 6.61. The lowest BCUT2D eigenvalue weighted by molar-refractivity contribution is 0.119. The smallest absolute Gasteiger partial charge is 0.0547 e. The van der Waals surface area contributed by atoms with Crippen LogP contribution in [0.4, 0.5) is 0 Å². The summed E-state index contributed by atoms with van der Waals surface area (Å²) in [5.41, 5.74) is 1.46. The fraction of sp³-hybridized carbons (Fsp3) is 0.706. The molecule has 0 aliphatic carbocycles. The van der Waals surface area contributed by atoms with Crippen LogP contribution in [0.5, 0.6) is 0 Å². The van der Waals surface area contributed by atoms with Crippen molar-refractivity contribution in [1.82, 2.24) is 15.2 Å². The molecule has 4 heteroatoms. The van der Waals surface area contributed by atoms with Crippen molar-refractivity contribution in [3.05, 3.63) is 30.1 Å². The summed E-state index contributed by atoms with van der Waals surface area (Å²) in [6.45, 7) is 8.31. The highest BCUT2D eigenvalue weighted by atomic mass is 16.5. The zero-order chi connectivity index (χ0) is 15.0. The predicted octanol–water partition coefficient (Wildman–Crippen LogP) is 1.96. The van der Waals surface area contributed by atoms with E-state index < -0.39 is 0 Å². The van der Waals surface area contributed by atoms with E-state index >= 15 is 0 Å². The zero-order valence-corrected chi connectivity index (χ0v) is 13.5. The molecule has 1 N–H and O–H groups in total. The van der Waals surface area contributed by atoms with Crippen molar-refractivity contribution >= 4 is 0 Å². The highest BCUT2D eigenvalue weighted by Gasteiger charge is 2.35. The predicted molar refractivity (Wildman–Crippen MR) is 86.5 cm³/mol. The molecular formula is C17H29N3O. The fourth-order valence-corrected chi connectivity index (χ4v) is 3.00. The monoisotopic (exact) mass is 291 g/mol. The minimum absolute atomic E-state index is 0.286. The van der Waals surface area contributed by atoms with Gasteiger partial charge in [-0.1, -0.05) is 13.0 Å². The lowest BCUT2D eigenvalue weighted by atomic mass is 9.86. The van der Waals surface area contributed by atoms with Crippen LogP contribution in [0.15, 0.2) is 24.4 Å². The van der Waals surface area contributed by atoms with Crippen molar-refractivity contribution in [1.29, 1.82) is 0 Å². The van der Waals surface area contributed by atoms with Gasteiger partial charge in [0.25, 0.3) is 0 Å². The zero-order valence-electron chi connectivity index (χ0n) is 13.5. The van der Waals surface area contributed by atoms with Crippen molar-refractivity contribution < 1.29 is 4.74 Å². The molecular weight excluding hydrogens is 262 g/mol. The van der Waals surface area contributed by atoms with Gasteiger partial charge < -0.3 is 15.0 Å². The van der Waals surface area contributed by atoms with Gasteiger partial charge in [0.2, 0.25) is 0 Å². The van der Waals surface area contributed by atoms with Gasteiger partial charge in [-0.15, -0.1) is 0 Å². The van der Waals surface area contributed by atoms with Gasteiger partial charge in [0.15, 0.2) is 0 Å². The normalized spacial score (nSPS) is 22.0. The summed E-state index contributed by atoms with van der Waals surface area (Å²) >= 11 is 0. The van der Waals surface area contributed by atoms with E-state index in [1.807, 2.05) is 12.3 Å². The Morgan fingerprint density at radius 2 is 2.33 bits per heavy atom. The second kappa shape index (κ2) is 8.47. The van der Waals surface area contributed by atoms with Crippen molar-refractivity contribution in [2.24, 2.45) is 5.41 Å². The first kappa shape index (κ1) is 16.4. The maximum atomic E-state index is 5.68. The van der Waals surface area contributed by atoms with Crippen LogP contribution in [0.25, 0.3) is 0 Å². The van der Waals surface area contributed by atoms with Crippen LogP contribution >= 0.6 is 0 Å². The minimum Gasteiger partial charge on any atom is -0.381 e. The van der Waals surface area contributed by atoms with Crippen LogP contribution in [0.2, 0.25) is 0 Å². The number of aromatic nitrogens is 1. The molecule has 2 heterocycles. The second-order valence-electron chi connectivity index (χ2n) is 6.29. The molecule has 0 amide bonds. The van der Waals surface area contributed by atoms with Crippen LogP contribution in [0.1, 0.15) is 25.5 Å². The molecule has 0 aromatic carbocycles. The van der Waals surface area contributed by atoms with Crippen LogP contribution in [0.3, 0.4) is 0 Å². The summed E-state index contributed by atoms with van der Waals surface area (Å²) in [5.74, 6) is 0. The highest BCUT2D eigenvalue weighted by molar-refractivity contribution is 5.03. The molecule has 1 aromatic rings. The lowest BCUT2D eigenvalue weighted by Gasteiger charge is -2.32. The molecule has 0 radical (unpaired) electrons. The molecule has 118 valence electrons. The topological polar surface area (TPSA) is 37.4 Å². The molecule has 0 bridgehead atoms. The van der Waals surface area contributed by atoms with Gasteiger partial charge in [-0.05, 0) is 38.6 Å². The largest absolute Gasteiger partial charge is 0.381 e. The molecule has 1 saturated heterocycles. The lowest BCUT2D eigenvalue weighted by Crippen LogP contribution is -2.44. The quantitative estimate of drug-likeness (QED) is 0.706. The van der Waals surface area contributed by atoms with Crippen LogP contribution in [0, 0.1) is 5.41 Å². The van der Waals surface area contributed by atoms with Gasteiger partial charge in [-0.25, -0.2) is 0 Å². The number of hydrogen-bond acceptors (Lipinski definition) is 4. The second-order valence-corrected chi connectivity index (χ2v) is 6.29. The Balaban J connectivity index is 1.79. The van der Waals surface area contributed by atoms with E-state index in [4.69, 9.17) is 4.74 Å². The number of ether oxygens (including phenoxy) is 1. The average molecular weight is 291 g/mol. The van der Waals surface area contributed by atoms with E-state index in [2.05, 4.69) is 41.3 Å². The van der Waals surface area contributed by atoms with Gasteiger partial charge in [-0.3, -0.25) is 4.98 Å². The molecule has 1 unspecified atom stereocenters. The fourth-order valence-electron chi connectivity index (χ4n) is 3.00. The Labute approximate surface area is 128 Å². The Bertz CT molecular complexity index is 390. The van der Waals surface area contributed by atoms with Gasteiger partial charge in [0.05, 0.1) is 6.61 Å². The molecule has 1 atom stereocenters. The number of pyridine rings is 1. The van der Waals surface area contributed by atoms with Crippen molar-refractivity contribution in [3.63, 3.8) is 0 Å². The Hall–Kier alpha value is -0.970. The SMILES string of the molecule is CCCNCC1(CN(C)CCc2ccccn2)CCOC1. The van der Waals surface area contributed by atoms with E-state index in [9.17, 15) is 0 Å². The first-order valence-electron chi connectivity index (χ1n) is 8.11. The first-order chi connectivity index (χ1) is 10.2. The number of nitrogens with zero attached hydrogens (tertiary/aromatic N) is 2. The minimum atomic E-state index is 0.286. The van der Waals surface area contributed by atoms with Crippen molar-refractivity contribution in [2.75, 3.05) is 46.4 Å². The van der Waals surface area contributed by atoms with Gasteiger partial charge in [-0.2, -0.15) is 0 Å². The third kappa shape index (κ3) is 5.38. The average Bonchev–Trinajstić information content (AvgIpc) is 2.95. The number of rotatable bonds is 9. The standard InChI is InChI=1S/C17H29N3O/c1-3-9-18-13-17(8-12-21-15-17)14-20(2)11-7-16-6-4-5-10-19-16/h4-6,10,18H,3,7-9,11-15H2,1-2H3. The van der Waals surface area contributed by atoms with E-state index in [0.717, 1.165) is 52.2 Å². The van der Waals surface area contributed by atoms with Gasteiger partial charge >= 0.3 is 0 Å². The Morgan fingerprint density at radius 1 is 1.43 bits per heavy atom. The van der Waals surface area contributed by atoms with E-state index in [1.54, 1.807) is 0 Å². The maximum absolute atomic E-state index is 5.68. The van der Waals surface area contributed by atoms with Crippen LogP contribution in [-0.2, 0) is 11.2 Å². The molecule has 1 aliphatic rings. The van der Waals surface area contributed by atoms with Crippen molar-refractivity contribution in [3.8, 4) is 0 Å². The number of nitrogens with one attached hydrogen (secondary N) is 1. The molecule has 1 aliphatic heterocycles. The number of likely N-dealkylation sites (N-methyl/N-ethyl adjacent to an activating group) is 1. The summed E-state index contributed by atoms with van der Waals surface area (Å²) in [5, 5.41) is 3.58. The summed E-state index contributed by atoms with van der Waals surface area (Å²) in [6.07, 6.45) is 5.23. The first-order valence-corrected chi connectivity index (χ1v) is 8.11. The van der Waals surface area contributed by atoms with Gasteiger partial charge in [0.1, 0.15) is 0 Å². The molecule has 0 saturated carbocycles. The van der Waals surface area contributed by atoms with Crippen LogP contribution in [-0.4, -0.2) is 56.3 Å². The molecule has 0 spiro atoms. The Morgan fingerprint density at radius 3 is 3.00 bits per heavy atom. The maximum Gasteiger partial charge on any atom is 0.0547 e. The summed E-state index contributed by atoms with van der Waals surface area (Å²) < 4.78 is 5.68. The summed E-state index contributed by atoms with van der Waals surface area (Å²) in [4.78, 5) is 6.82. The van der Waals surface area contributed by atoms with E-state index in [1.165, 1.54) is 12.1 Å². The van der Waals surface area contributed by atoms with E-state index in [-0.39, 0.29) is 5.41 Å². The van der Waals surface area contributed by atoms with Crippen LogP contribution < -0.4 is 5.32 Å². The molecule has 1 aromatic heterocycles. The van der Waals surface area contributed by atoms with Crippen molar-refractivity contribution in [2.45, 2.75) is 26.2 Å². The number of hydrogen-bond donors (Lipinski definition) is 1. The van der Waals surface area contributed by atoms with E-state index in [0.29, 0.717) is 0 Å². The highest BCUT2D eigenvalue weighted by Crippen LogP contribution is 2.28. The third-order valence-electron chi connectivity index (χ3n) is 4.19.